The first-order valence-corrected chi connectivity index (χ1v) is 8.62. The molecule has 0 radical (unpaired) electrons. The summed E-state index contributed by atoms with van der Waals surface area (Å²) in [6.45, 7) is 0. The second-order valence-corrected chi connectivity index (χ2v) is 8.19. The molecule has 0 heterocycles. The number of aliphatic hydroxyl groups excluding tert-OH is 1. The summed E-state index contributed by atoms with van der Waals surface area (Å²) in [4.78, 5) is 12.9. The Labute approximate surface area is 121 Å². The van der Waals surface area contributed by atoms with E-state index in [1.807, 2.05) is 0 Å². The van der Waals surface area contributed by atoms with Crippen LogP contribution in [0.3, 0.4) is 0 Å². The van der Waals surface area contributed by atoms with Crippen molar-refractivity contribution in [1.82, 2.24) is 5.32 Å². The van der Waals surface area contributed by atoms with E-state index in [2.05, 4.69) is 5.32 Å². The Kier molecular flexibility index (Phi) is 3.10. The summed E-state index contributed by atoms with van der Waals surface area (Å²) in [5.74, 6) is 2.80. The number of rotatable bonds is 2. The molecule has 5 aliphatic rings. The molecule has 0 aromatic rings. The number of hydrogen-bond acceptors (Lipinski definition) is 2. The average Bonchev–Trinajstić information content (AvgIpc) is 2.37. The van der Waals surface area contributed by atoms with Crippen molar-refractivity contribution in [2.75, 3.05) is 0 Å². The van der Waals surface area contributed by atoms with E-state index in [0.717, 1.165) is 62.7 Å². The standard InChI is InChI=1S/C17H27NO2/c19-15-3-1-2-14(7-15)18-16(20)17-8-11-4-12(9-17)6-13(5-11)10-17/h11-15,19H,1-10H2,(H,18,20). The molecule has 0 spiro atoms. The fourth-order valence-electron chi connectivity index (χ4n) is 6.02. The summed E-state index contributed by atoms with van der Waals surface area (Å²) in [7, 11) is 0. The number of carbonyl (C=O) groups is 1. The first-order valence-electron chi connectivity index (χ1n) is 8.62. The van der Waals surface area contributed by atoms with Gasteiger partial charge in [0.25, 0.3) is 0 Å². The summed E-state index contributed by atoms with van der Waals surface area (Å²) >= 11 is 0. The van der Waals surface area contributed by atoms with Gasteiger partial charge < -0.3 is 10.4 Å². The SMILES string of the molecule is O=C(NC1CCCC(O)C1)C12CC3CC(CC(C3)C1)C2. The van der Waals surface area contributed by atoms with Crippen LogP contribution in [0.4, 0.5) is 0 Å². The van der Waals surface area contributed by atoms with Gasteiger partial charge in [-0.1, -0.05) is 0 Å². The molecule has 0 aromatic heterocycles. The lowest BCUT2D eigenvalue weighted by Crippen LogP contribution is -2.55. The molecule has 2 unspecified atom stereocenters. The van der Waals surface area contributed by atoms with Crippen LogP contribution in [0.2, 0.25) is 0 Å². The van der Waals surface area contributed by atoms with Gasteiger partial charge in [-0.25, -0.2) is 0 Å². The van der Waals surface area contributed by atoms with Crippen LogP contribution in [0.25, 0.3) is 0 Å². The zero-order valence-corrected chi connectivity index (χ0v) is 12.3. The van der Waals surface area contributed by atoms with Crippen LogP contribution in [-0.2, 0) is 4.79 Å². The molecule has 5 rings (SSSR count). The van der Waals surface area contributed by atoms with Gasteiger partial charge in [0.15, 0.2) is 0 Å². The zero-order valence-electron chi connectivity index (χ0n) is 12.3. The molecule has 5 saturated carbocycles. The third-order valence-corrected chi connectivity index (χ3v) is 6.50. The Balaban J connectivity index is 1.45. The maximum atomic E-state index is 12.9. The Morgan fingerprint density at radius 3 is 2.10 bits per heavy atom. The molecule has 3 nitrogen and oxygen atoms in total. The molecule has 5 aliphatic carbocycles. The van der Waals surface area contributed by atoms with Gasteiger partial charge in [0, 0.05) is 11.5 Å². The van der Waals surface area contributed by atoms with E-state index in [-0.39, 0.29) is 17.6 Å². The highest BCUT2D eigenvalue weighted by molar-refractivity contribution is 5.83. The van der Waals surface area contributed by atoms with E-state index in [1.165, 1.54) is 19.3 Å². The second kappa shape index (κ2) is 4.72. The third-order valence-electron chi connectivity index (χ3n) is 6.50. The van der Waals surface area contributed by atoms with Gasteiger partial charge in [0.05, 0.1) is 6.10 Å². The third kappa shape index (κ3) is 2.18. The van der Waals surface area contributed by atoms with Crippen LogP contribution in [-0.4, -0.2) is 23.2 Å². The first kappa shape index (κ1) is 13.1. The fraction of sp³-hybridized carbons (Fsp3) is 0.941. The number of amides is 1. The molecular formula is C17H27NO2. The lowest BCUT2D eigenvalue weighted by atomic mass is 9.49. The van der Waals surface area contributed by atoms with Crippen molar-refractivity contribution in [3.05, 3.63) is 0 Å². The lowest BCUT2D eigenvalue weighted by molar-refractivity contribution is -0.147. The molecule has 5 fully saturated rings. The molecule has 1 amide bonds. The van der Waals surface area contributed by atoms with Gasteiger partial charge in [-0.3, -0.25) is 4.79 Å². The predicted molar refractivity (Wildman–Crippen MR) is 77.0 cm³/mol. The minimum absolute atomic E-state index is 0.0306. The highest BCUT2D eigenvalue weighted by atomic mass is 16.3. The molecule has 3 heteroatoms. The van der Waals surface area contributed by atoms with E-state index < -0.39 is 0 Å². The molecule has 20 heavy (non-hydrogen) atoms. The maximum absolute atomic E-state index is 12.9. The van der Waals surface area contributed by atoms with Gasteiger partial charge >= 0.3 is 0 Å². The lowest BCUT2D eigenvalue weighted by Gasteiger charge is -2.56. The van der Waals surface area contributed by atoms with Crippen LogP contribution in [0.15, 0.2) is 0 Å². The Bertz CT molecular complexity index is 371. The normalized spacial score (nSPS) is 50.1. The number of nitrogens with one attached hydrogen (secondary N) is 1. The molecule has 0 saturated heterocycles. The van der Waals surface area contributed by atoms with Crippen LogP contribution in [0.5, 0.6) is 0 Å². The summed E-state index contributed by atoms with van der Waals surface area (Å²) in [6.07, 6.45) is 11.1. The summed E-state index contributed by atoms with van der Waals surface area (Å²) < 4.78 is 0. The Morgan fingerprint density at radius 1 is 0.950 bits per heavy atom. The van der Waals surface area contributed by atoms with Crippen molar-refractivity contribution in [3.63, 3.8) is 0 Å². The average molecular weight is 277 g/mol. The minimum Gasteiger partial charge on any atom is -0.393 e. The van der Waals surface area contributed by atoms with Crippen LogP contribution in [0.1, 0.15) is 64.2 Å². The fourth-order valence-corrected chi connectivity index (χ4v) is 6.02. The van der Waals surface area contributed by atoms with Crippen molar-refractivity contribution in [2.24, 2.45) is 23.2 Å². The van der Waals surface area contributed by atoms with Crippen molar-refractivity contribution in [1.29, 1.82) is 0 Å². The maximum Gasteiger partial charge on any atom is 0.226 e. The smallest absolute Gasteiger partial charge is 0.226 e. The van der Waals surface area contributed by atoms with Crippen LogP contribution < -0.4 is 5.32 Å². The largest absolute Gasteiger partial charge is 0.393 e. The molecular weight excluding hydrogens is 250 g/mol. The van der Waals surface area contributed by atoms with E-state index in [4.69, 9.17) is 0 Å². The van der Waals surface area contributed by atoms with Crippen molar-refractivity contribution >= 4 is 5.91 Å². The topological polar surface area (TPSA) is 49.3 Å². The molecule has 4 bridgehead atoms. The van der Waals surface area contributed by atoms with Gasteiger partial charge in [-0.15, -0.1) is 0 Å². The molecule has 2 atom stereocenters. The molecule has 112 valence electrons. The highest BCUT2D eigenvalue weighted by Crippen LogP contribution is 2.60. The summed E-state index contributed by atoms with van der Waals surface area (Å²) in [5.41, 5.74) is -0.0306. The number of hydrogen-bond donors (Lipinski definition) is 2. The van der Waals surface area contributed by atoms with E-state index >= 15 is 0 Å². The van der Waals surface area contributed by atoms with E-state index in [9.17, 15) is 9.90 Å². The highest BCUT2D eigenvalue weighted by Gasteiger charge is 2.54. The van der Waals surface area contributed by atoms with E-state index in [1.54, 1.807) is 0 Å². The number of aliphatic hydroxyl groups is 1. The monoisotopic (exact) mass is 277 g/mol. The summed E-state index contributed by atoms with van der Waals surface area (Å²) in [6, 6.07) is 0.222. The van der Waals surface area contributed by atoms with Gasteiger partial charge in [-0.2, -0.15) is 0 Å². The van der Waals surface area contributed by atoms with Gasteiger partial charge in [0.2, 0.25) is 5.91 Å². The Hall–Kier alpha value is -0.570. The Morgan fingerprint density at radius 2 is 1.55 bits per heavy atom. The molecule has 0 aliphatic heterocycles. The molecule has 2 N–H and O–H groups in total. The predicted octanol–water partition coefficient (Wildman–Crippen LogP) is 2.62. The quantitative estimate of drug-likeness (QED) is 0.815. The number of carbonyl (C=O) groups excluding carboxylic acids is 1. The van der Waals surface area contributed by atoms with Gasteiger partial charge in [0.1, 0.15) is 0 Å². The second-order valence-electron chi connectivity index (χ2n) is 8.19. The van der Waals surface area contributed by atoms with Crippen LogP contribution in [0, 0.1) is 23.2 Å². The van der Waals surface area contributed by atoms with Gasteiger partial charge in [-0.05, 0) is 82.0 Å². The molecule has 0 aromatic carbocycles. The van der Waals surface area contributed by atoms with Crippen LogP contribution >= 0.6 is 0 Å². The van der Waals surface area contributed by atoms with Crippen molar-refractivity contribution in [3.8, 4) is 0 Å². The summed E-state index contributed by atoms with van der Waals surface area (Å²) in [5, 5.41) is 13.1. The minimum atomic E-state index is -0.203. The first-order chi connectivity index (χ1) is 9.63. The zero-order chi connectivity index (χ0) is 13.7. The van der Waals surface area contributed by atoms with Crippen molar-refractivity contribution in [2.45, 2.75) is 76.4 Å². The van der Waals surface area contributed by atoms with E-state index in [0.29, 0.717) is 5.91 Å². The van der Waals surface area contributed by atoms with Crippen molar-refractivity contribution < 1.29 is 9.90 Å².